The Labute approximate surface area is 58.7 Å². The zero-order chi connectivity index (χ0) is 6.85. The van der Waals surface area contributed by atoms with Crippen molar-refractivity contribution in [2.75, 3.05) is 0 Å². The summed E-state index contributed by atoms with van der Waals surface area (Å²) in [6.45, 7) is 7.03. The van der Waals surface area contributed by atoms with Crippen molar-refractivity contribution < 1.29 is 0 Å². The zero-order valence-electron chi connectivity index (χ0n) is 6.85. The average Bonchev–Trinajstić information content (AvgIpc) is 1.79. The highest BCUT2D eigenvalue weighted by Crippen LogP contribution is 2.37. The minimum Gasteiger partial charge on any atom is -0.0628 e. The maximum Gasteiger partial charge on any atom is -0.0386 e. The molecule has 0 nitrogen and oxygen atoms in total. The Balaban J connectivity index is 2.13. The molecule has 0 heteroatoms. The maximum absolute atomic E-state index is 2.39. The molecule has 1 aliphatic rings. The van der Waals surface area contributed by atoms with Gasteiger partial charge in [-0.1, -0.05) is 27.2 Å². The van der Waals surface area contributed by atoms with Crippen LogP contribution in [0.2, 0.25) is 0 Å². The van der Waals surface area contributed by atoms with Crippen molar-refractivity contribution in [2.45, 2.75) is 40.0 Å². The van der Waals surface area contributed by atoms with Crippen molar-refractivity contribution in [2.24, 2.45) is 17.8 Å². The third-order valence-electron chi connectivity index (χ3n) is 2.57. The zero-order valence-corrected chi connectivity index (χ0v) is 6.85. The Bertz CT molecular complexity index is 84.0. The average molecular weight is 126 g/mol. The highest BCUT2D eigenvalue weighted by molar-refractivity contribution is 4.77. The van der Waals surface area contributed by atoms with Crippen LogP contribution in [-0.2, 0) is 0 Å². The number of hydrogen-bond donors (Lipinski definition) is 0. The molecule has 0 amide bonds. The molecule has 0 radical (unpaired) electrons. The molecule has 0 heterocycles. The minimum absolute atomic E-state index is 0.915. The minimum atomic E-state index is 0.915. The van der Waals surface area contributed by atoms with E-state index in [4.69, 9.17) is 0 Å². The molecule has 0 aromatic heterocycles. The van der Waals surface area contributed by atoms with Crippen LogP contribution in [-0.4, -0.2) is 0 Å². The molecular weight excluding hydrogens is 108 g/mol. The molecule has 0 spiro atoms. The van der Waals surface area contributed by atoms with Crippen molar-refractivity contribution in [3.63, 3.8) is 0 Å². The Morgan fingerprint density at radius 3 is 2.11 bits per heavy atom. The molecule has 1 rings (SSSR count). The molecule has 54 valence electrons. The standard InChI is InChI=1S/C9H18/c1-7(2)6-9-5-4-8(9)3/h7-9H,4-6H2,1-3H3. The monoisotopic (exact) mass is 126 g/mol. The van der Waals surface area contributed by atoms with Gasteiger partial charge in [0.25, 0.3) is 0 Å². The molecule has 0 aliphatic heterocycles. The molecule has 2 unspecified atom stereocenters. The quantitative estimate of drug-likeness (QED) is 0.533. The Kier molecular flexibility index (Phi) is 2.15. The fourth-order valence-electron chi connectivity index (χ4n) is 1.69. The van der Waals surface area contributed by atoms with E-state index >= 15 is 0 Å². The summed E-state index contributed by atoms with van der Waals surface area (Å²) in [6.07, 6.45) is 4.44. The summed E-state index contributed by atoms with van der Waals surface area (Å²) in [5.74, 6) is 3.02. The van der Waals surface area contributed by atoms with Crippen LogP contribution in [0.5, 0.6) is 0 Å². The van der Waals surface area contributed by atoms with Gasteiger partial charge in [-0.15, -0.1) is 0 Å². The van der Waals surface area contributed by atoms with Crippen LogP contribution in [0.15, 0.2) is 0 Å². The van der Waals surface area contributed by atoms with Crippen LogP contribution < -0.4 is 0 Å². The van der Waals surface area contributed by atoms with Gasteiger partial charge in [-0.25, -0.2) is 0 Å². The predicted octanol–water partition coefficient (Wildman–Crippen LogP) is 3.08. The van der Waals surface area contributed by atoms with Gasteiger partial charge in [0.1, 0.15) is 0 Å². The maximum atomic E-state index is 2.39. The summed E-state index contributed by atoms with van der Waals surface area (Å²) in [4.78, 5) is 0. The van der Waals surface area contributed by atoms with E-state index in [-0.39, 0.29) is 0 Å². The van der Waals surface area contributed by atoms with Gasteiger partial charge in [0.2, 0.25) is 0 Å². The first-order valence-corrected chi connectivity index (χ1v) is 4.20. The van der Waals surface area contributed by atoms with E-state index in [1.165, 1.54) is 19.3 Å². The molecule has 0 aromatic rings. The molecule has 0 aromatic carbocycles. The van der Waals surface area contributed by atoms with Crippen LogP contribution in [0.4, 0.5) is 0 Å². The third kappa shape index (κ3) is 1.70. The van der Waals surface area contributed by atoms with Crippen molar-refractivity contribution in [1.82, 2.24) is 0 Å². The third-order valence-corrected chi connectivity index (χ3v) is 2.57. The van der Waals surface area contributed by atoms with Crippen LogP contribution >= 0.6 is 0 Å². The summed E-state index contributed by atoms with van der Waals surface area (Å²) in [7, 11) is 0. The summed E-state index contributed by atoms with van der Waals surface area (Å²) in [5.41, 5.74) is 0. The molecule has 0 N–H and O–H groups in total. The first-order chi connectivity index (χ1) is 4.20. The van der Waals surface area contributed by atoms with Gasteiger partial charge in [0.15, 0.2) is 0 Å². The highest BCUT2D eigenvalue weighted by atomic mass is 14.3. The molecule has 2 atom stereocenters. The highest BCUT2D eigenvalue weighted by Gasteiger charge is 2.26. The lowest BCUT2D eigenvalue weighted by Crippen LogP contribution is -2.24. The fourth-order valence-corrected chi connectivity index (χ4v) is 1.69. The molecule has 0 saturated heterocycles. The second-order valence-corrected chi connectivity index (χ2v) is 3.94. The number of hydrogen-bond acceptors (Lipinski definition) is 0. The van der Waals surface area contributed by atoms with Crippen molar-refractivity contribution in [3.8, 4) is 0 Å². The van der Waals surface area contributed by atoms with Crippen LogP contribution in [0.1, 0.15) is 40.0 Å². The van der Waals surface area contributed by atoms with Gasteiger partial charge in [-0.05, 0) is 30.6 Å². The Hall–Kier alpha value is 0. The lowest BCUT2D eigenvalue weighted by molar-refractivity contribution is 0.165. The topological polar surface area (TPSA) is 0 Å². The first kappa shape index (κ1) is 7.11. The lowest BCUT2D eigenvalue weighted by atomic mass is 9.71. The molecule has 9 heavy (non-hydrogen) atoms. The second kappa shape index (κ2) is 2.72. The Morgan fingerprint density at radius 1 is 1.33 bits per heavy atom. The van der Waals surface area contributed by atoms with E-state index in [1.54, 1.807) is 0 Å². The molecular formula is C9H18. The van der Waals surface area contributed by atoms with Gasteiger partial charge in [-0.2, -0.15) is 0 Å². The van der Waals surface area contributed by atoms with Gasteiger partial charge in [0.05, 0.1) is 0 Å². The largest absolute Gasteiger partial charge is 0.0628 e. The van der Waals surface area contributed by atoms with Gasteiger partial charge >= 0.3 is 0 Å². The predicted molar refractivity (Wildman–Crippen MR) is 41.3 cm³/mol. The van der Waals surface area contributed by atoms with Crippen LogP contribution in [0.3, 0.4) is 0 Å². The van der Waals surface area contributed by atoms with Crippen molar-refractivity contribution in [1.29, 1.82) is 0 Å². The SMILES string of the molecule is CC(C)CC1CCC1C. The fraction of sp³-hybridized carbons (Fsp3) is 1.00. The van der Waals surface area contributed by atoms with E-state index < -0.39 is 0 Å². The molecule has 0 bridgehead atoms. The van der Waals surface area contributed by atoms with E-state index in [0.717, 1.165) is 17.8 Å². The lowest BCUT2D eigenvalue weighted by Gasteiger charge is -2.35. The van der Waals surface area contributed by atoms with Gasteiger partial charge in [-0.3, -0.25) is 0 Å². The van der Waals surface area contributed by atoms with Gasteiger partial charge < -0.3 is 0 Å². The van der Waals surface area contributed by atoms with Crippen molar-refractivity contribution in [3.05, 3.63) is 0 Å². The Morgan fingerprint density at radius 2 is 2.00 bits per heavy atom. The first-order valence-electron chi connectivity index (χ1n) is 4.20. The van der Waals surface area contributed by atoms with Crippen molar-refractivity contribution >= 4 is 0 Å². The van der Waals surface area contributed by atoms with Crippen LogP contribution in [0.25, 0.3) is 0 Å². The molecule has 1 fully saturated rings. The normalized spacial score (nSPS) is 34.7. The number of rotatable bonds is 2. The summed E-state index contributed by atoms with van der Waals surface area (Å²) < 4.78 is 0. The summed E-state index contributed by atoms with van der Waals surface area (Å²) >= 11 is 0. The van der Waals surface area contributed by atoms with E-state index in [0.29, 0.717) is 0 Å². The van der Waals surface area contributed by atoms with E-state index in [9.17, 15) is 0 Å². The summed E-state index contributed by atoms with van der Waals surface area (Å²) in [6, 6.07) is 0. The second-order valence-electron chi connectivity index (χ2n) is 3.94. The smallest absolute Gasteiger partial charge is 0.0386 e. The van der Waals surface area contributed by atoms with Gasteiger partial charge in [0, 0.05) is 0 Å². The van der Waals surface area contributed by atoms with E-state index in [1.807, 2.05) is 0 Å². The molecule has 1 aliphatic carbocycles. The summed E-state index contributed by atoms with van der Waals surface area (Å²) in [5, 5.41) is 0. The van der Waals surface area contributed by atoms with E-state index in [2.05, 4.69) is 20.8 Å². The molecule has 1 saturated carbocycles. The van der Waals surface area contributed by atoms with Crippen LogP contribution in [0, 0.1) is 17.8 Å².